The fraction of sp³-hybridized carbons (Fsp3) is 0.500. The zero-order valence-corrected chi connectivity index (χ0v) is 11.4. The molecule has 0 amide bonds. The van der Waals surface area contributed by atoms with Gasteiger partial charge < -0.3 is 0 Å². The molecule has 0 saturated heterocycles. The van der Waals surface area contributed by atoms with Gasteiger partial charge in [0.05, 0.1) is 0 Å². The zero-order chi connectivity index (χ0) is 13.0. The van der Waals surface area contributed by atoms with E-state index in [2.05, 4.69) is 25.1 Å². The number of hydrogen-bond donors (Lipinski definition) is 0. The summed E-state index contributed by atoms with van der Waals surface area (Å²) < 4.78 is 0. The Labute approximate surface area is 114 Å². The molecule has 0 heterocycles. The van der Waals surface area contributed by atoms with Crippen molar-refractivity contribution in [1.82, 2.24) is 0 Å². The molecule has 4 saturated carbocycles. The Morgan fingerprint density at radius 1 is 1.16 bits per heavy atom. The molecule has 1 nitrogen and oxygen atoms in total. The number of Topliss-reactive ketones (excluding diaryl/α,β-unsaturated/α-hetero) is 1. The van der Waals surface area contributed by atoms with E-state index in [1.54, 1.807) is 0 Å². The SMILES string of the molecule is CC12C/C(=C\c3ccccc3)C(=O)C3C1CCCC32. The van der Waals surface area contributed by atoms with Gasteiger partial charge in [-0.15, -0.1) is 0 Å². The van der Waals surface area contributed by atoms with Gasteiger partial charge in [0, 0.05) is 5.92 Å². The molecular formula is C18H20O. The van der Waals surface area contributed by atoms with Crippen LogP contribution in [0.15, 0.2) is 35.9 Å². The molecule has 19 heavy (non-hydrogen) atoms. The quantitative estimate of drug-likeness (QED) is 0.688. The van der Waals surface area contributed by atoms with E-state index in [4.69, 9.17) is 0 Å². The van der Waals surface area contributed by atoms with E-state index in [-0.39, 0.29) is 0 Å². The minimum Gasteiger partial charge on any atom is -0.294 e. The van der Waals surface area contributed by atoms with E-state index in [1.807, 2.05) is 18.2 Å². The molecule has 1 heteroatoms. The highest BCUT2D eigenvalue weighted by molar-refractivity contribution is 6.04. The minimum atomic E-state index is 0.363. The molecular weight excluding hydrogens is 232 g/mol. The van der Waals surface area contributed by atoms with Crippen molar-refractivity contribution in [2.45, 2.75) is 32.6 Å². The van der Waals surface area contributed by atoms with E-state index >= 15 is 0 Å². The summed E-state index contributed by atoms with van der Waals surface area (Å²) in [6.07, 6.45) is 7.03. The highest BCUT2D eigenvalue weighted by Gasteiger charge is 2.66. The second kappa shape index (κ2) is 3.82. The van der Waals surface area contributed by atoms with Crippen LogP contribution in [0.4, 0.5) is 0 Å². The van der Waals surface area contributed by atoms with Crippen LogP contribution < -0.4 is 0 Å². The summed E-state index contributed by atoms with van der Waals surface area (Å²) in [6, 6.07) is 10.3. The minimum absolute atomic E-state index is 0.363. The molecule has 5 rings (SSSR count). The third-order valence-corrected chi connectivity index (χ3v) is 5.92. The number of fused-ring (bicyclic) bond motifs is 2. The largest absolute Gasteiger partial charge is 0.294 e. The molecule has 4 aliphatic carbocycles. The van der Waals surface area contributed by atoms with E-state index in [0.717, 1.165) is 12.0 Å². The average molecular weight is 252 g/mol. The van der Waals surface area contributed by atoms with Crippen LogP contribution in [-0.2, 0) is 4.79 Å². The third-order valence-electron chi connectivity index (χ3n) is 5.92. The summed E-state index contributed by atoms with van der Waals surface area (Å²) in [4.78, 5) is 12.7. The summed E-state index contributed by atoms with van der Waals surface area (Å²) in [7, 11) is 0. The monoisotopic (exact) mass is 252 g/mol. The van der Waals surface area contributed by atoms with Crippen LogP contribution in [0.2, 0.25) is 0 Å². The Hall–Kier alpha value is -1.37. The van der Waals surface area contributed by atoms with E-state index in [0.29, 0.717) is 29.0 Å². The number of ketones is 1. The van der Waals surface area contributed by atoms with Gasteiger partial charge in [0.15, 0.2) is 5.78 Å². The molecule has 4 aliphatic rings. The lowest BCUT2D eigenvalue weighted by Gasteiger charge is -2.66. The predicted octanol–water partition coefficient (Wildman–Crippen LogP) is 4.10. The van der Waals surface area contributed by atoms with Gasteiger partial charge in [-0.3, -0.25) is 4.79 Å². The van der Waals surface area contributed by atoms with E-state index < -0.39 is 0 Å². The van der Waals surface area contributed by atoms with Gasteiger partial charge in [-0.2, -0.15) is 0 Å². The molecule has 0 radical (unpaired) electrons. The summed E-state index contributed by atoms with van der Waals surface area (Å²) in [6.45, 7) is 2.42. The van der Waals surface area contributed by atoms with Crippen LogP contribution >= 0.6 is 0 Å². The van der Waals surface area contributed by atoms with Crippen molar-refractivity contribution in [1.29, 1.82) is 0 Å². The van der Waals surface area contributed by atoms with Gasteiger partial charge in [0.1, 0.15) is 0 Å². The van der Waals surface area contributed by atoms with Crippen LogP contribution in [0.5, 0.6) is 0 Å². The maximum Gasteiger partial charge on any atom is 0.162 e. The summed E-state index contributed by atoms with van der Waals surface area (Å²) >= 11 is 0. The highest BCUT2D eigenvalue weighted by Crippen LogP contribution is 2.69. The number of carbonyl (C=O) groups excluding carboxylic acids is 1. The Morgan fingerprint density at radius 3 is 2.53 bits per heavy atom. The van der Waals surface area contributed by atoms with Crippen LogP contribution in [0.3, 0.4) is 0 Å². The predicted molar refractivity (Wildman–Crippen MR) is 76.5 cm³/mol. The lowest BCUT2D eigenvalue weighted by molar-refractivity contribution is -0.179. The Morgan fingerprint density at radius 2 is 1.84 bits per heavy atom. The molecule has 4 bridgehead atoms. The van der Waals surface area contributed by atoms with Crippen molar-refractivity contribution in [2.75, 3.05) is 0 Å². The van der Waals surface area contributed by atoms with Crippen LogP contribution in [0.1, 0.15) is 38.2 Å². The van der Waals surface area contributed by atoms with Crippen LogP contribution in [-0.4, -0.2) is 5.78 Å². The fourth-order valence-corrected chi connectivity index (χ4v) is 5.05. The van der Waals surface area contributed by atoms with Gasteiger partial charge in [-0.25, -0.2) is 0 Å². The van der Waals surface area contributed by atoms with E-state index in [9.17, 15) is 4.79 Å². The molecule has 0 N–H and O–H groups in total. The Balaban J connectivity index is 1.68. The van der Waals surface area contributed by atoms with Gasteiger partial charge in [0.25, 0.3) is 0 Å². The van der Waals surface area contributed by atoms with E-state index in [1.165, 1.54) is 24.8 Å². The Bertz CT molecular complexity index is 542. The van der Waals surface area contributed by atoms with Gasteiger partial charge >= 0.3 is 0 Å². The van der Waals surface area contributed by atoms with Gasteiger partial charge in [-0.1, -0.05) is 43.7 Å². The number of hydrogen-bond acceptors (Lipinski definition) is 1. The first-order chi connectivity index (χ1) is 9.20. The molecule has 0 aromatic heterocycles. The first kappa shape index (κ1) is 11.5. The fourth-order valence-electron chi connectivity index (χ4n) is 5.05. The maximum atomic E-state index is 12.7. The molecule has 0 spiro atoms. The molecule has 4 fully saturated rings. The molecule has 2 unspecified atom stereocenters. The number of allylic oxidation sites excluding steroid dienone is 1. The van der Waals surface area contributed by atoms with Crippen molar-refractivity contribution in [2.24, 2.45) is 23.2 Å². The lowest BCUT2D eigenvalue weighted by atomic mass is 9.36. The molecule has 2 atom stereocenters. The van der Waals surface area contributed by atoms with Crippen molar-refractivity contribution in [3.05, 3.63) is 41.5 Å². The zero-order valence-electron chi connectivity index (χ0n) is 11.4. The lowest BCUT2D eigenvalue weighted by Crippen LogP contribution is -2.64. The second-order valence-electron chi connectivity index (χ2n) is 6.80. The second-order valence-corrected chi connectivity index (χ2v) is 6.80. The van der Waals surface area contributed by atoms with Crippen molar-refractivity contribution in [3.8, 4) is 0 Å². The van der Waals surface area contributed by atoms with Crippen molar-refractivity contribution >= 4 is 11.9 Å². The van der Waals surface area contributed by atoms with Crippen molar-refractivity contribution in [3.63, 3.8) is 0 Å². The van der Waals surface area contributed by atoms with Crippen LogP contribution in [0, 0.1) is 23.2 Å². The van der Waals surface area contributed by atoms with Crippen molar-refractivity contribution < 1.29 is 4.79 Å². The third kappa shape index (κ3) is 1.45. The average Bonchev–Trinajstić information content (AvgIpc) is 2.45. The summed E-state index contributed by atoms with van der Waals surface area (Å²) in [5, 5.41) is 0. The Kier molecular flexibility index (Phi) is 2.30. The van der Waals surface area contributed by atoms with Gasteiger partial charge in [-0.05, 0) is 53.7 Å². The normalized spacial score (nSPS) is 42.1. The summed E-state index contributed by atoms with van der Waals surface area (Å²) in [5.41, 5.74) is 2.67. The smallest absolute Gasteiger partial charge is 0.162 e. The summed E-state index contributed by atoms with van der Waals surface area (Å²) in [5.74, 6) is 2.20. The highest BCUT2D eigenvalue weighted by atomic mass is 16.1. The first-order valence-corrected chi connectivity index (χ1v) is 7.50. The molecule has 1 aromatic carbocycles. The topological polar surface area (TPSA) is 17.1 Å². The first-order valence-electron chi connectivity index (χ1n) is 7.50. The van der Waals surface area contributed by atoms with Crippen LogP contribution in [0.25, 0.3) is 6.08 Å². The maximum absolute atomic E-state index is 12.7. The number of rotatable bonds is 1. The standard InChI is InChI=1S/C18H20O/c1-18-11-13(10-12-6-3-2-4-7-12)17(19)16-14(18)8-5-9-15(16)18/h2-4,6-7,10,14-16H,5,8-9,11H2,1H3/b13-10+. The molecule has 1 aromatic rings. The molecule has 0 aliphatic heterocycles. The van der Waals surface area contributed by atoms with Gasteiger partial charge in [0.2, 0.25) is 0 Å². The molecule has 98 valence electrons. The number of carbonyl (C=O) groups is 1. The number of benzene rings is 1.